The first-order valence-corrected chi connectivity index (χ1v) is 8.95. The second-order valence-corrected chi connectivity index (χ2v) is 7.30. The minimum atomic E-state index is -0.105. The number of aromatic hydroxyl groups is 1. The van der Waals surface area contributed by atoms with Crippen LogP contribution >= 0.6 is 24.8 Å². The predicted molar refractivity (Wildman–Crippen MR) is 107 cm³/mol. The van der Waals surface area contributed by atoms with Crippen molar-refractivity contribution in [1.29, 1.82) is 0 Å². The molecule has 0 spiro atoms. The highest BCUT2D eigenvalue weighted by Crippen LogP contribution is 2.39. The fourth-order valence-electron chi connectivity index (χ4n) is 4.25. The Hall–Kier alpha value is -0.520. The van der Waals surface area contributed by atoms with Crippen molar-refractivity contribution in [2.24, 2.45) is 5.73 Å². The maximum absolute atomic E-state index is 10.5. The molecule has 1 aromatic carbocycles. The molecule has 1 unspecified atom stereocenters. The zero-order valence-corrected chi connectivity index (χ0v) is 17.0. The number of fused-ring (bicyclic) bond motifs is 1. The molecule has 0 radical (unpaired) electrons. The van der Waals surface area contributed by atoms with Crippen molar-refractivity contribution in [1.82, 2.24) is 4.90 Å². The Morgan fingerprint density at radius 1 is 1.28 bits per heavy atom. The fourth-order valence-corrected chi connectivity index (χ4v) is 4.25. The number of phenols is 1. The van der Waals surface area contributed by atoms with E-state index < -0.39 is 0 Å². The van der Waals surface area contributed by atoms with E-state index in [9.17, 15) is 5.11 Å². The molecule has 1 fully saturated rings. The van der Waals surface area contributed by atoms with Crippen molar-refractivity contribution in [3.63, 3.8) is 0 Å². The summed E-state index contributed by atoms with van der Waals surface area (Å²) in [6.45, 7) is 8.08. The lowest BCUT2D eigenvalue weighted by Crippen LogP contribution is -2.52. The van der Waals surface area contributed by atoms with Crippen molar-refractivity contribution in [2.75, 3.05) is 13.1 Å². The molecule has 25 heavy (non-hydrogen) atoms. The Balaban J connectivity index is 0.00000156. The van der Waals surface area contributed by atoms with Gasteiger partial charge in [-0.3, -0.25) is 4.90 Å². The third kappa shape index (κ3) is 4.42. The molecule has 1 saturated heterocycles. The molecule has 6 heteroatoms. The van der Waals surface area contributed by atoms with Crippen LogP contribution < -0.4 is 5.73 Å². The molecule has 4 nitrogen and oxygen atoms in total. The molecule has 0 aromatic heterocycles. The third-order valence-corrected chi connectivity index (χ3v) is 5.51. The van der Waals surface area contributed by atoms with Crippen LogP contribution in [0.3, 0.4) is 0 Å². The maximum Gasteiger partial charge on any atom is 0.122 e. The van der Waals surface area contributed by atoms with Crippen molar-refractivity contribution in [3.05, 3.63) is 28.8 Å². The van der Waals surface area contributed by atoms with E-state index in [0.717, 1.165) is 29.7 Å². The van der Waals surface area contributed by atoms with Gasteiger partial charge in [-0.05, 0) is 51.3 Å². The van der Waals surface area contributed by atoms with Gasteiger partial charge in [-0.25, -0.2) is 0 Å². The summed E-state index contributed by atoms with van der Waals surface area (Å²) < 4.78 is 6.40. The summed E-state index contributed by atoms with van der Waals surface area (Å²) in [6.07, 6.45) is 4.49. The van der Waals surface area contributed by atoms with Crippen LogP contribution in [-0.4, -0.2) is 41.3 Å². The molecule has 0 aliphatic carbocycles. The average molecular weight is 391 g/mol. The Bertz CT molecular complexity index is 569. The number of benzene rings is 1. The van der Waals surface area contributed by atoms with Gasteiger partial charge in [0.05, 0.1) is 12.2 Å². The molecule has 1 aromatic rings. The highest BCUT2D eigenvalue weighted by Gasteiger charge is 2.38. The van der Waals surface area contributed by atoms with Crippen LogP contribution in [0.4, 0.5) is 0 Å². The Morgan fingerprint density at radius 2 is 2.00 bits per heavy atom. The number of aryl methyl sites for hydroxylation is 1. The first-order valence-electron chi connectivity index (χ1n) is 8.95. The molecule has 2 heterocycles. The number of nitrogens with zero attached hydrogens (tertiary/aromatic N) is 1. The van der Waals surface area contributed by atoms with Crippen molar-refractivity contribution < 1.29 is 9.84 Å². The highest BCUT2D eigenvalue weighted by atomic mass is 35.5. The van der Waals surface area contributed by atoms with Crippen LogP contribution in [0.25, 0.3) is 0 Å². The van der Waals surface area contributed by atoms with E-state index in [0.29, 0.717) is 24.4 Å². The smallest absolute Gasteiger partial charge is 0.122 e. The van der Waals surface area contributed by atoms with E-state index in [1.54, 1.807) is 0 Å². The van der Waals surface area contributed by atoms with Gasteiger partial charge in [0.2, 0.25) is 0 Å². The minimum Gasteiger partial charge on any atom is -0.507 e. The van der Waals surface area contributed by atoms with E-state index in [2.05, 4.69) is 24.8 Å². The van der Waals surface area contributed by atoms with E-state index in [4.69, 9.17) is 10.5 Å². The summed E-state index contributed by atoms with van der Waals surface area (Å²) in [5, 5.41) is 10.5. The molecule has 2 aliphatic heterocycles. The van der Waals surface area contributed by atoms with Gasteiger partial charge in [0.25, 0.3) is 0 Å². The quantitative estimate of drug-likeness (QED) is 0.824. The van der Waals surface area contributed by atoms with Gasteiger partial charge in [0.1, 0.15) is 5.75 Å². The number of nitrogens with two attached hydrogens (primary N) is 1. The van der Waals surface area contributed by atoms with Crippen LogP contribution in [0.15, 0.2) is 12.1 Å². The topological polar surface area (TPSA) is 58.7 Å². The molecule has 3 rings (SSSR count). The van der Waals surface area contributed by atoms with Crippen LogP contribution in [0.5, 0.6) is 5.75 Å². The van der Waals surface area contributed by atoms with Gasteiger partial charge in [0, 0.05) is 30.6 Å². The Labute approximate surface area is 163 Å². The number of rotatable bonds is 3. The van der Waals surface area contributed by atoms with E-state index in [1.165, 1.54) is 19.3 Å². The van der Waals surface area contributed by atoms with Gasteiger partial charge in [-0.2, -0.15) is 0 Å². The van der Waals surface area contributed by atoms with E-state index in [1.807, 2.05) is 13.0 Å². The second kappa shape index (κ2) is 9.43. The lowest BCUT2D eigenvalue weighted by molar-refractivity contribution is -0.0823. The summed E-state index contributed by atoms with van der Waals surface area (Å²) in [6, 6.07) is 4.97. The lowest BCUT2D eigenvalue weighted by Gasteiger charge is -2.45. The minimum absolute atomic E-state index is 0. The number of likely N-dealkylation sites (tertiary alicyclic amines) is 1. The summed E-state index contributed by atoms with van der Waals surface area (Å²) >= 11 is 0. The first-order chi connectivity index (χ1) is 11.0. The van der Waals surface area contributed by atoms with Crippen LogP contribution in [0.1, 0.15) is 55.9 Å². The molecule has 3 N–H and O–H groups in total. The zero-order valence-electron chi connectivity index (χ0n) is 15.4. The normalized spacial score (nSPS) is 26.5. The number of ether oxygens (including phenoxy) is 1. The van der Waals surface area contributed by atoms with Crippen LogP contribution in [-0.2, 0) is 11.2 Å². The van der Waals surface area contributed by atoms with Gasteiger partial charge in [0.15, 0.2) is 0 Å². The third-order valence-electron chi connectivity index (χ3n) is 5.51. The van der Waals surface area contributed by atoms with Gasteiger partial charge in [-0.1, -0.05) is 18.6 Å². The molecular formula is C19H32Cl2N2O2. The highest BCUT2D eigenvalue weighted by molar-refractivity contribution is 5.85. The molecule has 3 atom stereocenters. The summed E-state index contributed by atoms with van der Waals surface area (Å²) in [5.74, 6) is 0.432. The number of phenolic OH excluding ortho intramolecular Hbond substituents is 1. The molecule has 0 bridgehead atoms. The number of halogens is 2. The van der Waals surface area contributed by atoms with Gasteiger partial charge < -0.3 is 15.6 Å². The van der Waals surface area contributed by atoms with E-state index >= 15 is 0 Å². The second-order valence-electron chi connectivity index (χ2n) is 7.30. The molecular weight excluding hydrogens is 359 g/mol. The zero-order chi connectivity index (χ0) is 16.6. The Kier molecular flexibility index (Phi) is 8.49. The summed E-state index contributed by atoms with van der Waals surface area (Å²) in [7, 11) is 0. The first kappa shape index (κ1) is 22.5. The maximum atomic E-state index is 10.5. The van der Waals surface area contributed by atoms with Crippen molar-refractivity contribution in [3.8, 4) is 5.75 Å². The average Bonchev–Trinajstić information content (AvgIpc) is 2.57. The van der Waals surface area contributed by atoms with Crippen LogP contribution in [0, 0.1) is 6.92 Å². The lowest BCUT2D eigenvalue weighted by atomic mass is 9.86. The number of hydrogen-bond donors (Lipinski definition) is 2. The summed E-state index contributed by atoms with van der Waals surface area (Å²) in [5.41, 5.74) is 9.02. The van der Waals surface area contributed by atoms with Gasteiger partial charge >= 0.3 is 0 Å². The van der Waals surface area contributed by atoms with Crippen molar-refractivity contribution in [2.45, 2.75) is 70.7 Å². The van der Waals surface area contributed by atoms with Gasteiger partial charge in [-0.15, -0.1) is 24.8 Å². The molecule has 2 aliphatic rings. The fraction of sp³-hybridized carbons (Fsp3) is 0.684. The SMILES string of the molecule is Cc1ccc2c(c1O)C[C@@H](C1CCCCN1C(C)C)O[C@H]2CN.Cl.Cl. The standard InChI is InChI=1S/C19H30N2O2.2ClH/c1-12(2)21-9-5-4-6-16(21)17-10-15-14(18(11-20)23-17)8-7-13(3)19(15)22;;/h7-8,12,16-18,22H,4-6,9-11,20H2,1-3H3;2*1H/t16?,17-,18-;;/m0../s1. The monoisotopic (exact) mass is 390 g/mol. The Morgan fingerprint density at radius 3 is 2.64 bits per heavy atom. The summed E-state index contributed by atoms with van der Waals surface area (Å²) in [4.78, 5) is 2.57. The predicted octanol–water partition coefficient (Wildman–Crippen LogP) is 3.75. The molecule has 0 amide bonds. The molecule has 0 saturated carbocycles. The number of piperidine rings is 1. The largest absolute Gasteiger partial charge is 0.507 e. The van der Waals surface area contributed by atoms with E-state index in [-0.39, 0.29) is 37.0 Å². The number of hydrogen-bond acceptors (Lipinski definition) is 4. The molecule has 144 valence electrons. The van der Waals surface area contributed by atoms with Crippen molar-refractivity contribution >= 4 is 24.8 Å². The van der Waals surface area contributed by atoms with Crippen LogP contribution in [0.2, 0.25) is 0 Å².